The second-order valence-electron chi connectivity index (χ2n) is 14.1. The molecule has 0 atom stereocenters. The number of aromatic nitrogens is 2. The van der Waals surface area contributed by atoms with Crippen LogP contribution in [0.1, 0.15) is 0 Å². The van der Waals surface area contributed by atoms with Gasteiger partial charge in [-0.2, -0.15) is 0 Å². The molecule has 0 amide bonds. The van der Waals surface area contributed by atoms with E-state index in [9.17, 15) is 0 Å². The SMILES string of the molecule is c1ccc([Si](c2ccccc2)(c2ccccc2)c2ccc3c(c2)c2ccccc2n3-c2ccc(-n3c4ccccc4c4c5ccccc5oc43)cc2)cc1. The minimum absolute atomic E-state index is 0.873. The van der Waals surface area contributed by atoms with Crippen LogP contribution in [0.25, 0.3) is 66.2 Å². The standard InChI is InChI=1S/C50H34N2OSi/c1-4-16-37(17-5-1)54(38-18-6-2-7-19-38,39-20-8-3-9-21-39)40-32-33-47-44(34-40)41-22-10-13-25-45(41)51(47)35-28-30-36(31-29-35)52-46-26-14-11-23-42(46)49-43-24-12-15-27-48(43)53-50(49)52/h1-34H. The van der Waals surface area contributed by atoms with Gasteiger partial charge in [0.2, 0.25) is 5.71 Å². The second-order valence-corrected chi connectivity index (χ2v) is 17.9. The summed E-state index contributed by atoms with van der Waals surface area (Å²) in [6.07, 6.45) is 0. The van der Waals surface area contributed by atoms with Crippen LogP contribution in [0.5, 0.6) is 0 Å². The highest BCUT2D eigenvalue weighted by molar-refractivity contribution is 7.20. The zero-order valence-electron chi connectivity index (χ0n) is 29.4. The molecule has 254 valence electrons. The number of hydrogen-bond donors (Lipinski definition) is 0. The van der Waals surface area contributed by atoms with Gasteiger partial charge in [-0.3, -0.25) is 4.57 Å². The topological polar surface area (TPSA) is 23.0 Å². The summed E-state index contributed by atoms with van der Waals surface area (Å²) in [5.74, 6) is 0. The van der Waals surface area contributed by atoms with E-state index < -0.39 is 8.07 Å². The van der Waals surface area contributed by atoms with Crippen molar-refractivity contribution < 1.29 is 4.42 Å². The first-order chi connectivity index (χ1) is 26.8. The largest absolute Gasteiger partial charge is 0.439 e. The highest BCUT2D eigenvalue weighted by Crippen LogP contribution is 2.39. The Labute approximate surface area is 313 Å². The lowest BCUT2D eigenvalue weighted by atomic mass is 10.1. The summed E-state index contributed by atoms with van der Waals surface area (Å²) in [4.78, 5) is 0. The van der Waals surface area contributed by atoms with E-state index >= 15 is 0 Å². The Kier molecular flexibility index (Phi) is 6.88. The molecule has 0 N–H and O–H groups in total. The maximum atomic E-state index is 6.54. The van der Waals surface area contributed by atoms with E-state index in [1.165, 1.54) is 47.9 Å². The number of rotatable bonds is 6. The number of hydrogen-bond acceptors (Lipinski definition) is 1. The lowest BCUT2D eigenvalue weighted by Crippen LogP contribution is -2.74. The summed E-state index contributed by atoms with van der Waals surface area (Å²) in [7, 11) is -2.69. The third-order valence-electron chi connectivity index (χ3n) is 11.3. The van der Waals surface area contributed by atoms with Gasteiger partial charge >= 0.3 is 0 Å². The predicted octanol–water partition coefficient (Wildman–Crippen LogP) is 10.0. The molecule has 0 aliphatic heterocycles. The zero-order chi connectivity index (χ0) is 35.6. The predicted molar refractivity (Wildman–Crippen MR) is 229 cm³/mol. The van der Waals surface area contributed by atoms with Gasteiger partial charge in [-0.05, 0) is 69.3 Å². The third-order valence-corrected chi connectivity index (χ3v) is 16.1. The Balaban J connectivity index is 1.12. The summed E-state index contributed by atoms with van der Waals surface area (Å²) in [5.41, 5.74) is 7.48. The van der Waals surface area contributed by atoms with Gasteiger partial charge in [0, 0.05) is 32.9 Å². The van der Waals surface area contributed by atoms with Gasteiger partial charge in [-0.25, -0.2) is 0 Å². The fraction of sp³-hybridized carbons (Fsp3) is 0. The maximum absolute atomic E-state index is 6.54. The van der Waals surface area contributed by atoms with Gasteiger partial charge in [-0.15, -0.1) is 0 Å². The third kappa shape index (κ3) is 4.41. The first kappa shape index (κ1) is 30.7. The van der Waals surface area contributed by atoms with Crippen molar-refractivity contribution in [3.05, 3.63) is 206 Å². The highest BCUT2D eigenvalue weighted by atomic mass is 28.3. The average molecular weight is 707 g/mol. The Bertz CT molecular complexity index is 3040. The minimum Gasteiger partial charge on any atom is -0.439 e. The van der Waals surface area contributed by atoms with Crippen molar-refractivity contribution in [3.63, 3.8) is 0 Å². The van der Waals surface area contributed by atoms with E-state index in [0.29, 0.717) is 0 Å². The van der Waals surface area contributed by atoms with Crippen LogP contribution in [0.2, 0.25) is 0 Å². The van der Waals surface area contributed by atoms with Gasteiger partial charge in [0.25, 0.3) is 0 Å². The number of para-hydroxylation sites is 3. The van der Waals surface area contributed by atoms with Crippen molar-refractivity contribution in [1.29, 1.82) is 0 Å². The molecule has 0 aliphatic carbocycles. The van der Waals surface area contributed by atoms with Crippen molar-refractivity contribution in [2.24, 2.45) is 0 Å². The summed E-state index contributed by atoms with van der Waals surface area (Å²) in [6.45, 7) is 0. The smallest absolute Gasteiger partial charge is 0.213 e. The zero-order valence-corrected chi connectivity index (χ0v) is 30.4. The molecule has 0 spiro atoms. The van der Waals surface area contributed by atoms with E-state index in [4.69, 9.17) is 4.42 Å². The van der Waals surface area contributed by atoms with Crippen molar-refractivity contribution >= 4 is 83.6 Å². The molecule has 0 saturated heterocycles. The quantitative estimate of drug-likeness (QED) is 0.125. The molecule has 54 heavy (non-hydrogen) atoms. The van der Waals surface area contributed by atoms with Crippen molar-refractivity contribution in [2.45, 2.75) is 0 Å². The molecular formula is C50H34N2OSi. The van der Waals surface area contributed by atoms with Gasteiger partial charge in [0.15, 0.2) is 8.07 Å². The van der Waals surface area contributed by atoms with Gasteiger partial charge in [0.1, 0.15) is 5.58 Å². The Hall–Kier alpha value is -6.88. The van der Waals surface area contributed by atoms with E-state index in [1.807, 2.05) is 6.07 Å². The van der Waals surface area contributed by atoms with Crippen LogP contribution in [0.4, 0.5) is 0 Å². The van der Waals surface area contributed by atoms with Crippen LogP contribution in [0, 0.1) is 0 Å². The Morgan fingerprint density at radius 1 is 0.333 bits per heavy atom. The molecule has 11 rings (SSSR count). The van der Waals surface area contributed by atoms with Crippen LogP contribution < -0.4 is 20.7 Å². The second kappa shape index (κ2) is 12.1. The fourth-order valence-electron chi connectivity index (χ4n) is 9.00. The summed E-state index contributed by atoms with van der Waals surface area (Å²) >= 11 is 0. The normalized spacial score (nSPS) is 12.1. The molecule has 4 heteroatoms. The number of nitrogens with zero attached hydrogens (tertiary/aromatic N) is 2. The molecule has 0 bridgehead atoms. The van der Waals surface area contributed by atoms with Crippen LogP contribution in [-0.2, 0) is 0 Å². The van der Waals surface area contributed by atoms with Crippen LogP contribution in [0.15, 0.2) is 211 Å². The van der Waals surface area contributed by atoms with Crippen molar-refractivity contribution in [3.8, 4) is 11.4 Å². The molecule has 0 unspecified atom stereocenters. The van der Waals surface area contributed by atoms with E-state index in [0.717, 1.165) is 39.0 Å². The van der Waals surface area contributed by atoms with Crippen LogP contribution in [-0.4, -0.2) is 17.2 Å². The minimum atomic E-state index is -2.69. The monoisotopic (exact) mass is 706 g/mol. The molecule has 11 aromatic rings. The summed E-state index contributed by atoms with van der Waals surface area (Å²) in [5, 5.41) is 11.5. The van der Waals surface area contributed by atoms with Gasteiger partial charge < -0.3 is 8.98 Å². The first-order valence-electron chi connectivity index (χ1n) is 18.5. The molecule has 0 saturated carbocycles. The molecule has 0 fully saturated rings. The van der Waals surface area contributed by atoms with Crippen molar-refractivity contribution in [1.82, 2.24) is 9.13 Å². The van der Waals surface area contributed by atoms with Crippen LogP contribution >= 0.6 is 0 Å². The van der Waals surface area contributed by atoms with E-state index in [2.05, 4.69) is 209 Å². The van der Waals surface area contributed by atoms with E-state index in [1.54, 1.807) is 0 Å². The summed E-state index contributed by atoms with van der Waals surface area (Å²) < 4.78 is 11.2. The lowest BCUT2D eigenvalue weighted by Gasteiger charge is -2.34. The maximum Gasteiger partial charge on any atom is 0.213 e. The molecule has 0 aliphatic rings. The lowest BCUT2D eigenvalue weighted by molar-refractivity contribution is 0.645. The molecule has 3 nitrogen and oxygen atoms in total. The number of furan rings is 1. The average Bonchev–Trinajstić information content (AvgIpc) is 3.89. The van der Waals surface area contributed by atoms with Crippen molar-refractivity contribution in [2.75, 3.05) is 0 Å². The molecule has 3 heterocycles. The first-order valence-corrected chi connectivity index (χ1v) is 20.5. The summed E-state index contributed by atoms with van der Waals surface area (Å²) in [6, 6.07) is 75.4. The van der Waals surface area contributed by atoms with Gasteiger partial charge in [0.05, 0.1) is 21.9 Å². The molecule has 8 aromatic carbocycles. The van der Waals surface area contributed by atoms with Gasteiger partial charge in [-0.1, -0.05) is 158 Å². The molecule has 0 radical (unpaired) electrons. The number of fused-ring (bicyclic) bond motifs is 8. The molecular weight excluding hydrogens is 673 g/mol. The van der Waals surface area contributed by atoms with E-state index in [-0.39, 0.29) is 0 Å². The Morgan fingerprint density at radius 2 is 0.796 bits per heavy atom. The molecule has 3 aromatic heterocycles. The highest BCUT2D eigenvalue weighted by Gasteiger charge is 2.41. The van der Waals surface area contributed by atoms with Crippen LogP contribution in [0.3, 0.4) is 0 Å². The number of benzene rings is 8. The fourth-order valence-corrected chi connectivity index (χ4v) is 13.8. The Morgan fingerprint density at radius 3 is 1.41 bits per heavy atom.